The van der Waals surface area contributed by atoms with Crippen molar-refractivity contribution in [2.24, 2.45) is 0 Å². The first-order valence-electron chi connectivity index (χ1n) is 12.5. The van der Waals surface area contributed by atoms with E-state index in [1.165, 1.54) is 5.56 Å². The van der Waals surface area contributed by atoms with Crippen molar-refractivity contribution in [1.29, 1.82) is 0 Å². The first-order valence-corrected chi connectivity index (χ1v) is 12.9. The fraction of sp³-hybridized carbons (Fsp3) is 0.300. The lowest BCUT2D eigenvalue weighted by Gasteiger charge is -2.17. The van der Waals surface area contributed by atoms with Crippen molar-refractivity contribution in [1.82, 2.24) is 9.47 Å². The van der Waals surface area contributed by atoms with Crippen LogP contribution in [0.15, 0.2) is 54.2 Å². The van der Waals surface area contributed by atoms with Gasteiger partial charge >= 0.3 is 5.97 Å². The predicted octanol–water partition coefficient (Wildman–Crippen LogP) is 6.27. The lowest BCUT2D eigenvalue weighted by Crippen LogP contribution is -2.31. The van der Waals surface area contributed by atoms with Gasteiger partial charge in [0, 0.05) is 24.1 Å². The van der Waals surface area contributed by atoms with Crippen LogP contribution in [0.25, 0.3) is 11.8 Å². The molecule has 1 aromatic heterocycles. The Hall–Kier alpha value is -3.71. The summed E-state index contributed by atoms with van der Waals surface area (Å²) in [5, 5.41) is 0.453. The van der Waals surface area contributed by atoms with Crippen LogP contribution in [0.5, 0.6) is 0 Å². The first kappa shape index (κ1) is 26.4. The number of amides is 1. The van der Waals surface area contributed by atoms with Crippen LogP contribution in [0.4, 0.5) is 5.69 Å². The van der Waals surface area contributed by atoms with Crippen LogP contribution in [-0.2, 0) is 9.53 Å². The van der Waals surface area contributed by atoms with E-state index < -0.39 is 0 Å². The molecular formula is C30H33N3O3S. The normalized spacial score (nSPS) is 14.7. The molecule has 0 unspecified atom stereocenters. The second kappa shape index (κ2) is 10.7. The third-order valence-electron chi connectivity index (χ3n) is 6.87. The van der Waals surface area contributed by atoms with Gasteiger partial charge < -0.3 is 14.2 Å². The van der Waals surface area contributed by atoms with Crippen LogP contribution in [-0.4, -0.2) is 40.1 Å². The number of unbranched alkanes of at least 4 members (excludes halogenated alkanes) is 1. The van der Waals surface area contributed by atoms with Gasteiger partial charge in [-0.1, -0.05) is 19.4 Å². The van der Waals surface area contributed by atoms with Gasteiger partial charge in [-0.3, -0.25) is 9.69 Å². The third kappa shape index (κ3) is 5.09. The molecule has 1 amide bonds. The molecule has 0 radical (unpaired) electrons. The Balaban J connectivity index is 1.62. The number of hydrogen-bond donors (Lipinski definition) is 0. The van der Waals surface area contributed by atoms with Crippen molar-refractivity contribution in [3.63, 3.8) is 0 Å². The average Bonchev–Trinajstić information content (AvgIpc) is 3.27. The molecule has 192 valence electrons. The van der Waals surface area contributed by atoms with Crippen LogP contribution in [0.1, 0.15) is 58.2 Å². The number of hydrogen-bond acceptors (Lipinski definition) is 4. The number of benzene rings is 2. The standard InChI is InChI=1S/C30H33N3O3S/c1-7-8-15-36-29(35)23-10-13-25(14-11-23)32-21(4)17-24(22(32)5)18-27-28(34)33(30(37)31(27)6)26-12-9-19(2)20(3)16-26/h9-14,16-18H,7-8,15H2,1-6H3/b27-18-. The molecular weight excluding hydrogens is 482 g/mol. The minimum Gasteiger partial charge on any atom is -0.462 e. The summed E-state index contributed by atoms with van der Waals surface area (Å²) in [4.78, 5) is 29.1. The maximum atomic E-state index is 13.5. The number of thiocarbonyl (C=S) groups is 1. The van der Waals surface area contributed by atoms with E-state index in [1.54, 1.807) is 21.9 Å². The third-order valence-corrected chi connectivity index (χ3v) is 7.32. The lowest BCUT2D eigenvalue weighted by molar-refractivity contribution is -0.114. The van der Waals surface area contributed by atoms with Crippen molar-refractivity contribution in [3.05, 3.63) is 87.9 Å². The Morgan fingerprint density at radius 2 is 1.65 bits per heavy atom. The Labute approximate surface area is 224 Å². The number of aryl methyl sites for hydroxylation is 3. The van der Waals surface area contributed by atoms with Gasteiger partial charge in [0.2, 0.25) is 0 Å². The molecule has 1 fully saturated rings. The number of carbonyl (C=O) groups is 2. The summed E-state index contributed by atoms with van der Waals surface area (Å²) >= 11 is 5.65. The minimum atomic E-state index is -0.307. The average molecular weight is 516 g/mol. The summed E-state index contributed by atoms with van der Waals surface area (Å²) in [5.74, 6) is -0.454. The molecule has 2 heterocycles. The van der Waals surface area contributed by atoms with Gasteiger partial charge in [0.05, 0.1) is 17.9 Å². The minimum absolute atomic E-state index is 0.147. The number of esters is 1. The highest BCUT2D eigenvalue weighted by atomic mass is 32.1. The highest BCUT2D eigenvalue weighted by Gasteiger charge is 2.37. The quantitative estimate of drug-likeness (QED) is 0.161. The molecule has 7 heteroatoms. The number of aromatic nitrogens is 1. The molecule has 0 spiro atoms. The molecule has 2 aromatic carbocycles. The SMILES string of the molecule is CCCCOC(=O)c1ccc(-n2c(C)cc(/C=C3/C(=O)N(c4ccc(C)c(C)c4)C(=S)N3C)c2C)cc1. The van der Waals surface area contributed by atoms with Gasteiger partial charge in [-0.05, 0) is 112 Å². The largest absolute Gasteiger partial charge is 0.462 e. The number of nitrogens with zero attached hydrogens (tertiary/aromatic N) is 3. The van der Waals surface area contributed by atoms with Crippen LogP contribution >= 0.6 is 12.2 Å². The number of likely N-dealkylation sites (N-methyl/N-ethyl adjacent to an activating group) is 1. The number of rotatable bonds is 7. The van der Waals surface area contributed by atoms with E-state index in [2.05, 4.69) is 17.6 Å². The smallest absolute Gasteiger partial charge is 0.338 e. The molecule has 1 aliphatic rings. The molecule has 3 aromatic rings. The van der Waals surface area contributed by atoms with Gasteiger partial charge in [-0.15, -0.1) is 0 Å². The maximum absolute atomic E-state index is 13.5. The van der Waals surface area contributed by atoms with Gasteiger partial charge in [-0.25, -0.2) is 4.79 Å². The molecule has 0 atom stereocenters. The predicted molar refractivity (Wildman–Crippen MR) is 152 cm³/mol. The van der Waals surface area contributed by atoms with E-state index >= 15 is 0 Å². The molecule has 0 N–H and O–H groups in total. The zero-order valence-electron chi connectivity index (χ0n) is 22.3. The van der Waals surface area contributed by atoms with Crippen molar-refractivity contribution in [2.75, 3.05) is 18.6 Å². The Morgan fingerprint density at radius 1 is 0.973 bits per heavy atom. The van der Waals surface area contributed by atoms with E-state index in [1.807, 2.05) is 71.2 Å². The summed E-state index contributed by atoms with van der Waals surface area (Å²) in [5.41, 5.74) is 7.97. The molecule has 6 nitrogen and oxygen atoms in total. The van der Waals surface area contributed by atoms with Gasteiger partial charge in [0.15, 0.2) is 5.11 Å². The summed E-state index contributed by atoms with van der Waals surface area (Å²) in [6.07, 6.45) is 3.73. The summed E-state index contributed by atoms with van der Waals surface area (Å²) < 4.78 is 7.43. The van der Waals surface area contributed by atoms with Crippen molar-refractivity contribution in [3.8, 4) is 5.69 Å². The van der Waals surface area contributed by atoms with E-state index in [4.69, 9.17) is 17.0 Å². The number of anilines is 1. The summed E-state index contributed by atoms with van der Waals surface area (Å²) in [7, 11) is 1.82. The van der Waals surface area contributed by atoms with Crippen molar-refractivity contribution < 1.29 is 14.3 Å². The van der Waals surface area contributed by atoms with Crippen molar-refractivity contribution in [2.45, 2.75) is 47.5 Å². The molecule has 4 rings (SSSR count). The topological polar surface area (TPSA) is 54.8 Å². The van der Waals surface area contributed by atoms with Crippen molar-refractivity contribution >= 4 is 41.0 Å². The Morgan fingerprint density at radius 3 is 2.30 bits per heavy atom. The monoisotopic (exact) mass is 515 g/mol. The second-order valence-electron chi connectivity index (χ2n) is 9.48. The van der Waals surface area contributed by atoms with Gasteiger partial charge in [-0.2, -0.15) is 0 Å². The molecule has 37 heavy (non-hydrogen) atoms. The molecule has 0 saturated carbocycles. The number of ether oxygens (including phenoxy) is 1. The van der Waals surface area contributed by atoms with Gasteiger partial charge in [0.1, 0.15) is 5.70 Å². The maximum Gasteiger partial charge on any atom is 0.338 e. The van der Waals surface area contributed by atoms with E-state index in [-0.39, 0.29) is 11.9 Å². The van der Waals surface area contributed by atoms with Crippen LogP contribution < -0.4 is 4.90 Å². The van der Waals surface area contributed by atoms with Crippen LogP contribution in [0.2, 0.25) is 0 Å². The molecule has 1 saturated heterocycles. The highest BCUT2D eigenvalue weighted by Crippen LogP contribution is 2.31. The Kier molecular flexibility index (Phi) is 7.64. The van der Waals surface area contributed by atoms with Gasteiger partial charge in [0.25, 0.3) is 5.91 Å². The zero-order chi connectivity index (χ0) is 26.9. The lowest BCUT2D eigenvalue weighted by atomic mass is 10.1. The fourth-order valence-corrected chi connectivity index (χ4v) is 4.75. The molecule has 0 aliphatic carbocycles. The zero-order valence-corrected chi connectivity index (χ0v) is 23.1. The van der Waals surface area contributed by atoms with Crippen LogP contribution in [0.3, 0.4) is 0 Å². The van der Waals surface area contributed by atoms with Crippen LogP contribution in [0, 0.1) is 27.7 Å². The molecule has 1 aliphatic heterocycles. The summed E-state index contributed by atoms with van der Waals surface area (Å²) in [6, 6.07) is 15.4. The Bertz CT molecular complexity index is 1400. The summed E-state index contributed by atoms with van der Waals surface area (Å²) in [6.45, 7) is 10.6. The second-order valence-corrected chi connectivity index (χ2v) is 9.84. The van der Waals surface area contributed by atoms with E-state index in [9.17, 15) is 9.59 Å². The first-order chi connectivity index (χ1) is 17.6. The number of carbonyl (C=O) groups excluding carboxylic acids is 2. The highest BCUT2D eigenvalue weighted by molar-refractivity contribution is 7.80. The van der Waals surface area contributed by atoms with E-state index in [0.717, 1.165) is 46.7 Å². The van der Waals surface area contributed by atoms with E-state index in [0.29, 0.717) is 23.0 Å². The fourth-order valence-electron chi connectivity index (χ4n) is 4.47. The molecule has 0 bridgehead atoms.